The highest BCUT2D eigenvalue weighted by atomic mass is 19.1. The molecule has 0 radical (unpaired) electrons. The number of amides is 1. The molecular formula is C22H27FN2O3. The highest BCUT2D eigenvalue weighted by Crippen LogP contribution is 2.22. The first-order valence-corrected chi connectivity index (χ1v) is 9.66. The van der Waals surface area contributed by atoms with Crippen LogP contribution in [0.3, 0.4) is 0 Å². The van der Waals surface area contributed by atoms with E-state index < -0.39 is 0 Å². The lowest BCUT2D eigenvalue weighted by molar-refractivity contribution is 0.00673. The summed E-state index contributed by atoms with van der Waals surface area (Å²) in [6, 6.07) is 13.0. The Kier molecular flexibility index (Phi) is 7.01. The third-order valence-corrected chi connectivity index (χ3v) is 4.92. The van der Waals surface area contributed by atoms with Gasteiger partial charge in [0, 0.05) is 31.2 Å². The van der Waals surface area contributed by atoms with E-state index in [9.17, 15) is 9.18 Å². The third kappa shape index (κ3) is 5.53. The Bertz CT molecular complexity index is 756. The van der Waals surface area contributed by atoms with Gasteiger partial charge in [0.2, 0.25) is 0 Å². The van der Waals surface area contributed by atoms with Crippen LogP contribution in [0.2, 0.25) is 0 Å². The van der Waals surface area contributed by atoms with Crippen molar-refractivity contribution in [2.45, 2.75) is 19.9 Å². The predicted octanol–water partition coefficient (Wildman–Crippen LogP) is 3.70. The second-order valence-corrected chi connectivity index (χ2v) is 7.25. The number of nitrogens with one attached hydrogen (secondary N) is 1. The molecule has 5 nitrogen and oxygen atoms in total. The first-order chi connectivity index (χ1) is 13.5. The summed E-state index contributed by atoms with van der Waals surface area (Å²) in [5.41, 5.74) is 0.580. The van der Waals surface area contributed by atoms with Gasteiger partial charge in [-0.1, -0.05) is 13.8 Å². The molecule has 0 aromatic heterocycles. The summed E-state index contributed by atoms with van der Waals surface area (Å²) in [7, 11) is 0. The van der Waals surface area contributed by atoms with Crippen LogP contribution < -0.4 is 10.1 Å². The molecule has 3 rings (SSSR count). The van der Waals surface area contributed by atoms with Gasteiger partial charge in [-0.05, 0) is 54.4 Å². The van der Waals surface area contributed by atoms with Crippen molar-refractivity contribution < 1.29 is 18.7 Å². The summed E-state index contributed by atoms with van der Waals surface area (Å²) in [6.45, 7) is 8.23. The molecule has 0 unspecified atom stereocenters. The van der Waals surface area contributed by atoms with Gasteiger partial charge in [-0.15, -0.1) is 0 Å². The number of rotatable bonds is 7. The fourth-order valence-electron chi connectivity index (χ4n) is 3.31. The smallest absolute Gasteiger partial charge is 0.251 e. The molecule has 1 aliphatic rings. The molecule has 1 aliphatic heterocycles. The van der Waals surface area contributed by atoms with Crippen LogP contribution in [0.5, 0.6) is 11.5 Å². The van der Waals surface area contributed by atoms with Gasteiger partial charge in [0.25, 0.3) is 5.91 Å². The van der Waals surface area contributed by atoms with Gasteiger partial charge in [-0.25, -0.2) is 4.39 Å². The van der Waals surface area contributed by atoms with Crippen LogP contribution >= 0.6 is 0 Å². The van der Waals surface area contributed by atoms with Gasteiger partial charge in [0.15, 0.2) is 0 Å². The Labute approximate surface area is 165 Å². The highest BCUT2D eigenvalue weighted by molar-refractivity contribution is 5.94. The number of hydrogen-bond donors (Lipinski definition) is 1. The van der Waals surface area contributed by atoms with Crippen molar-refractivity contribution in [1.82, 2.24) is 10.2 Å². The molecule has 0 aliphatic carbocycles. The molecule has 2 aromatic carbocycles. The largest absolute Gasteiger partial charge is 0.457 e. The van der Waals surface area contributed by atoms with Crippen molar-refractivity contribution in [3.05, 3.63) is 59.9 Å². The van der Waals surface area contributed by atoms with Crippen molar-refractivity contribution in [2.75, 3.05) is 32.8 Å². The molecule has 0 saturated carbocycles. The fourth-order valence-corrected chi connectivity index (χ4v) is 3.31. The molecule has 1 amide bonds. The van der Waals surface area contributed by atoms with Gasteiger partial charge in [0.05, 0.1) is 13.2 Å². The molecule has 150 valence electrons. The molecule has 28 heavy (non-hydrogen) atoms. The van der Waals surface area contributed by atoms with E-state index in [0.717, 1.165) is 26.3 Å². The van der Waals surface area contributed by atoms with Crippen molar-refractivity contribution in [1.29, 1.82) is 0 Å². The quantitative estimate of drug-likeness (QED) is 0.788. The summed E-state index contributed by atoms with van der Waals surface area (Å²) >= 11 is 0. The topological polar surface area (TPSA) is 50.8 Å². The number of benzene rings is 2. The van der Waals surface area contributed by atoms with Crippen molar-refractivity contribution in [2.24, 2.45) is 5.92 Å². The molecule has 1 fully saturated rings. The van der Waals surface area contributed by atoms with E-state index >= 15 is 0 Å². The predicted molar refractivity (Wildman–Crippen MR) is 106 cm³/mol. The zero-order chi connectivity index (χ0) is 19.9. The number of halogens is 1. The van der Waals surface area contributed by atoms with Crippen molar-refractivity contribution in [3.63, 3.8) is 0 Å². The number of ether oxygens (including phenoxy) is 2. The van der Waals surface area contributed by atoms with Gasteiger partial charge in [0.1, 0.15) is 17.3 Å². The SMILES string of the molecule is CC(C)[C@H](CNC(=O)c1ccc(Oc2ccc(F)cc2)cc1)N1CCOCC1. The van der Waals surface area contributed by atoms with Crippen LogP contribution in [0.25, 0.3) is 0 Å². The van der Waals surface area contributed by atoms with Crippen LogP contribution in [-0.2, 0) is 4.74 Å². The number of carbonyl (C=O) groups excluding carboxylic acids is 1. The van der Waals surface area contributed by atoms with Crippen LogP contribution in [0.4, 0.5) is 4.39 Å². The molecule has 2 aromatic rings. The lowest BCUT2D eigenvalue weighted by Crippen LogP contribution is -2.51. The van der Waals surface area contributed by atoms with E-state index in [-0.39, 0.29) is 17.8 Å². The average molecular weight is 386 g/mol. The van der Waals surface area contributed by atoms with Crippen LogP contribution in [0, 0.1) is 11.7 Å². The van der Waals surface area contributed by atoms with Crippen LogP contribution in [0.15, 0.2) is 48.5 Å². The maximum absolute atomic E-state index is 13.0. The third-order valence-electron chi connectivity index (χ3n) is 4.92. The molecule has 1 atom stereocenters. The van der Waals surface area contributed by atoms with E-state index in [4.69, 9.17) is 9.47 Å². The minimum atomic E-state index is -0.309. The lowest BCUT2D eigenvalue weighted by atomic mass is 10.0. The van der Waals surface area contributed by atoms with Gasteiger partial charge < -0.3 is 14.8 Å². The van der Waals surface area contributed by atoms with Gasteiger partial charge >= 0.3 is 0 Å². The average Bonchev–Trinajstić information content (AvgIpc) is 2.71. The molecule has 1 heterocycles. The van der Waals surface area contributed by atoms with E-state index in [1.807, 2.05) is 0 Å². The minimum Gasteiger partial charge on any atom is -0.457 e. The molecule has 6 heteroatoms. The summed E-state index contributed by atoms with van der Waals surface area (Å²) in [4.78, 5) is 14.9. The second kappa shape index (κ2) is 9.66. The zero-order valence-corrected chi connectivity index (χ0v) is 16.4. The Hall–Kier alpha value is -2.44. The summed E-state index contributed by atoms with van der Waals surface area (Å²) in [5.74, 6) is 1.16. The number of morpholine rings is 1. The monoisotopic (exact) mass is 386 g/mol. The van der Waals surface area contributed by atoms with Crippen LogP contribution in [-0.4, -0.2) is 49.7 Å². The maximum Gasteiger partial charge on any atom is 0.251 e. The first-order valence-electron chi connectivity index (χ1n) is 9.66. The Morgan fingerprint density at radius 3 is 2.21 bits per heavy atom. The van der Waals surface area contributed by atoms with E-state index in [1.54, 1.807) is 36.4 Å². The highest BCUT2D eigenvalue weighted by Gasteiger charge is 2.24. The molecule has 1 saturated heterocycles. The van der Waals surface area contributed by atoms with Crippen molar-refractivity contribution in [3.8, 4) is 11.5 Å². The Balaban J connectivity index is 1.55. The first kappa shape index (κ1) is 20.3. The molecular weight excluding hydrogens is 359 g/mol. The summed E-state index contributed by atoms with van der Waals surface area (Å²) < 4.78 is 24.0. The van der Waals surface area contributed by atoms with Gasteiger partial charge in [-0.3, -0.25) is 9.69 Å². The summed E-state index contributed by atoms with van der Waals surface area (Å²) in [6.07, 6.45) is 0. The Morgan fingerprint density at radius 1 is 1.07 bits per heavy atom. The number of hydrogen-bond acceptors (Lipinski definition) is 4. The minimum absolute atomic E-state index is 0.104. The van der Waals surface area contributed by atoms with Gasteiger partial charge in [-0.2, -0.15) is 0 Å². The standard InChI is InChI=1S/C22H27FN2O3/c1-16(2)21(25-11-13-27-14-12-25)15-24-22(26)17-3-7-19(8-4-17)28-20-9-5-18(23)6-10-20/h3-10,16,21H,11-15H2,1-2H3,(H,24,26)/t21-/m0/s1. The molecule has 1 N–H and O–H groups in total. The second-order valence-electron chi connectivity index (χ2n) is 7.25. The Morgan fingerprint density at radius 2 is 1.64 bits per heavy atom. The van der Waals surface area contributed by atoms with Crippen LogP contribution in [0.1, 0.15) is 24.2 Å². The lowest BCUT2D eigenvalue weighted by Gasteiger charge is -2.36. The molecule has 0 bridgehead atoms. The normalized spacial score (nSPS) is 16.0. The number of carbonyl (C=O) groups is 1. The van der Waals surface area contributed by atoms with E-state index in [0.29, 0.717) is 29.5 Å². The maximum atomic E-state index is 13.0. The van der Waals surface area contributed by atoms with E-state index in [2.05, 4.69) is 24.1 Å². The van der Waals surface area contributed by atoms with Crippen molar-refractivity contribution >= 4 is 5.91 Å². The fraction of sp³-hybridized carbons (Fsp3) is 0.409. The van der Waals surface area contributed by atoms with E-state index in [1.165, 1.54) is 12.1 Å². The summed E-state index contributed by atoms with van der Waals surface area (Å²) in [5, 5.41) is 3.05. The molecule has 0 spiro atoms. The number of nitrogens with zero attached hydrogens (tertiary/aromatic N) is 1. The zero-order valence-electron chi connectivity index (χ0n) is 16.4.